The molecule has 0 radical (unpaired) electrons. The maximum absolute atomic E-state index is 4.21. The van der Waals surface area contributed by atoms with Gasteiger partial charge in [0.15, 0.2) is 5.96 Å². The molecule has 0 unspecified atom stereocenters. The second-order valence-electron chi connectivity index (χ2n) is 4.78. The monoisotopic (exact) mass is 195 g/mol. The van der Waals surface area contributed by atoms with E-state index in [1.54, 1.807) is 0 Å². The molecule has 0 aromatic carbocycles. The van der Waals surface area contributed by atoms with Crippen LogP contribution in [-0.2, 0) is 0 Å². The van der Waals surface area contributed by atoms with E-state index in [0.29, 0.717) is 5.54 Å². The largest absolute Gasteiger partial charge is 0.359 e. The zero-order valence-electron chi connectivity index (χ0n) is 9.43. The molecule has 2 aliphatic carbocycles. The van der Waals surface area contributed by atoms with E-state index >= 15 is 0 Å². The first-order valence-corrected chi connectivity index (χ1v) is 5.63. The minimum absolute atomic E-state index is 0.303. The summed E-state index contributed by atoms with van der Waals surface area (Å²) in [7, 11) is 3.76. The Morgan fingerprint density at radius 2 is 1.71 bits per heavy atom. The number of aliphatic imine (C=N–C) groups is 1. The molecule has 2 saturated carbocycles. The lowest BCUT2D eigenvalue weighted by Crippen LogP contribution is -2.53. The minimum atomic E-state index is 0.303. The fourth-order valence-corrected chi connectivity index (χ4v) is 2.39. The summed E-state index contributed by atoms with van der Waals surface area (Å²) in [6.45, 7) is 2.37. The van der Waals surface area contributed by atoms with Crippen molar-refractivity contribution in [2.45, 2.75) is 38.1 Å². The van der Waals surface area contributed by atoms with Gasteiger partial charge in [0.05, 0.1) is 0 Å². The van der Waals surface area contributed by atoms with Crippen LogP contribution in [0.3, 0.4) is 0 Å². The average Bonchev–Trinajstić information content (AvgIpc) is 3.07. The van der Waals surface area contributed by atoms with Crippen LogP contribution in [0.15, 0.2) is 4.99 Å². The van der Waals surface area contributed by atoms with Gasteiger partial charge in [0.2, 0.25) is 0 Å². The van der Waals surface area contributed by atoms with Crippen LogP contribution < -0.4 is 10.6 Å². The van der Waals surface area contributed by atoms with E-state index in [-0.39, 0.29) is 0 Å². The van der Waals surface area contributed by atoms with Gasteiger partial charge in [-0.1, -0.05) is 0 Å². The summed E-state index contributed by atoms with van der Waals surface area (Å²) in [4.78, 5) is 4.21. The van der Waals surface area contributed by atoms with Gasteiger partial charge in [0.25, 0.3) is 0 Å². The first kappa shape index (κ1) is 9.81. The second-order valence-corrected chi connectivity index (χ2v) is 4.78. The molecule has 2 N–H and O–H groups in total. The highest BCUT2D eigenvalue weighted by Gasteiger charge is 2.51. The van der Waals surface area contributed by atoms with Gasteiger partial charge in [-0.05, 0) is 44.4 Å². The Morgan fingerprint density at radius 3 is 2.00 bits per heavy atom. The maximum atomic E-state index is 4.21. The van der Waals surface area contributed by atoms with Crippen molar-refractivity contribution in [3.63, 3.8) is 0 Å². The molecule has 0 saturated heterocycles. The normalized spacial score (nSPS) is 23.5. The van der Waals surface area contributed by atoms with Crippen molar-refractivity contribution in [3.8, 4) is 0 Å². The van der Waals surface area contributed by atoms with Crippen LogP contribution in [0, 0.1) is 11.8 Å². The molecule has 0 bridgehead atoms. The van der Waals surface area contributed by atoms with Gasteiger partial charge in [0.1, 0.15) is 0 Å². The average molecular weight is 195 g/mol. The Labute approximate surface area is 86.4 Å². The van der Waals surface area contributed by atoms with Crippen LogP contribution in [0.4, 0.5) is 0 Å². The van der Waals surface area contributed by atoms with E-state index in [0.717, 1.165) is 17.8 Å². The van der Waals surface area contributed by atoms with E-state index in [4.69, 9.17) is 0 Å². The summed E-state index contributed by atoms with van der Waals surface area (Å²) in [5, 5.41) is 6.70. The predicted molar refractivity (Wildman–Crippen MR) is 59.4 cm³/mol. The predicted octanol–water partition coefficient (Wildman–Crippen LogP) is 1.36. The Bertz CT molecular complexity index is 227. The molecule has 0 heterocycles. The third-order valence-corrected chi connectivity index (χ3v) is 3.70. The molecular formula is C11H21N3. The lowest BCUT2D eigenvalue weighted by Gasteiger charge is -2.32. The Morgan fingerprint density at radius 1 is 1.21 bits per heavy atom. The molecule has 0 aliphatic heterocycles. The summed E-state index contributed by atoms with van der Waals surface area (Å²) in [5.41, 5.74) is 0.303. The quantitative estimate of drug-likeness (QED) is 0.527. The molecule has 80 valence electrons. The van der Waals surface area contributed by atoms with Crippen LogP contribution in [0.1, 0.15) is 32.6 Å². The van der Waals surface area contributed by atoms with E-state index < -0.39 is 0 Å². The minimum Gasteiger partial charge on any atom is -0.359 e. The summed E-state index contributed by atoms with van der Waals surface area (Å²) < 4.78 is 0. The topological polar surface area (TPSA) is 36.4 Å². The number of nitrogens with zero attached hydrogens (tertiary/aromatic N) is 1. The molecular weight excluding hydrogens is 174 g/mol. The van der Waals surface area contributed by atoms with E-state index in [2.05, 4.69) is 22.5 Å². The zero-order chi connectivity index (χ0) is 10.2. The molecule has 0 aromatic heterocycles. The van der Waals surface area contributed by atoms with Crippen molar-refractivity contribution in [1.29, 1.82) is 0 Å². The lowest BCUT2D eigenvalue weighted by atomic mass is 9.90. The molecule has 0 amide bonds. The number of guanidine groups is 1. The van der Waals surface area contributed by atoms with Crippen LogP contribution in [0.2, 0.25) is 0 Å². The van der Waals surface area contributed by atoms with Gasteiger partial charge < -0.3 is 10.6 Å². The number of hydrogen-bond donors (Lipinski definition) is 2. The van der Waals surface area contributed by atoms with Crippen molar-refractivity contribution in [2.75, 3.05) is 14.1 Å². The van der Waals surface area contributed by atoms with Crippen molar-refractivity contribution in [3.05, 3.63) is 0 Å². The summed E-state index contributed by atoms with van der Waals surface area (Å²) in [6.07, 6.45) is 5.56. The molecule has 3 heteroatoms. The van der Waals surface area contributed by atoms with Crippen LogP contribution in [0.5, 0.6) is 0 Å². The van der Waals surface area contributed by atoms with E-state index in [1.165, 1.54) is 25.7 Å². The van der Waals surface area contributed by atoms with Crippen LogP contribution in [-0.4, -0.2) is 25.6 Å². The van der Waals surface area contributed by atoms with Gasteiger partial charge in [-0.25, -0.2) is 0 Å². The number of hydrogen-bond acceptors (Lipinski definition) is 1. The first-order chi connectivity index (χ1) is 6.70. The Hall–Kier alpha value is -0.730. The third-order valence-electron chi connectivity index (χ3n) is 3.70. The highest BCUT2D eigenvalue weighted by atomic mass is 15.2. The van der Waals surface area contributed by atoms with Gasteiger partial charge >= 0.3 is 0 Å². The van der Waals surface area contributed by atoms with E-state index in [9.17, 15) is 0 Å². The Balaban J connectivity index is 2.03. The first-order valence-electron chi connectivity index (χ1n) is 5.63. The molecule has 3 nitrogen and oxygen atoms in total. The van der Waals surface area contributed by atoms with Crippen molar-refractivity contribution in [2.24, 2.45) is 16.8 Å². The highest BCUT2D eigenvalue weighted by molar-refractivity contribution is 5.80. The molecule has 2 rings (SSSR count). The third kappa shape index (κ3) is 1.72. The van der Waals surface area contributed by atoms with E-state index in [1.807, 2.05) is 14.1 Å². The molecule has 2 aliphatic rings. The maximum Gasteiger partial charge on any atom is 0.191 e. The van der Waals surface area contributed by atoms with Crippen LogP contribution in [0.25, 0.3) is 0 Å². The smallest absolute Gasteiger partial charge is 0.191 e. The standard InChI is InChI=1S/C11H21N3/c1-11(8-4-5-8,9-6-7-9)14-10(12-2)13-3/h8-9H,4-7H2,1-3H3,(H2,12,13,14). The number of nitrogens with one attached hydrogen (secondary N) is 2. The highest BCUT2D eigenvalue weighted by Crippen LogP contribution is 2.51. The summed E-state index contributed by atoms with van der Waals surface area (Å²) in [6, 6.07) is 0. The number of rotatable bonds is 3. The van der Waals surface area contributed by atoms with Crippen molar-refractivity contribution >= 4 is 5.96 Å². The molecule has 0 aromatic rings. The van der Waals surface area contributed by atoms with Crippen LogP contribution >= 0.6 is 0 Å². The molecule has 0 spiro atoms. The van der Waals surface area contributed by atoms with Gasteiger partial charge in [-0.15, -0.1) is 0 Å². The zero-order valence-corrected chi connectivity index (χ0v) is 9.43. The molecule has 0 atom stereocenters. The van der Waals surface area contributed by atoms with Gasteiger partial charge in [0, 0.05) is 19.6 Å². The fraction of sp³-hybridized carbons (Fsp3) is 0.909. The van der Waals surface area contributed by atoms with Gasteiger partial charge in [-0.3, -0.25) is 4.99 Å². The SMILES string of the molecule is CN=C(NC)NC(C)(C1CC1)C1CC1. The molecule has 2 fully saturated rings. The van der Waals surface area contributed by atoms with Gasteiger partial charge in [-0.2, -0.15) is 0 Å². The lowest BCUT2D eigenvalue weighted by molar-refractivity contribution is 0.312. The summed E-state index contributed by atoms with van der Waals surface area (Å²) >= 11 is 0. The van der Waals surface area contributed by atoms with Crippen molar-refractivity contribution in [1.82, 2.24) is 10.6 Å². The Kier molecular flexibility index (Phi) is 2.41. The van der Waals surface area contributed by atoms with Crippen molar-refractivity contribution < 1.29 is 0 Å². The fourth-order valence-electron chi connectivity index (χ4n) is 2.39. The summed E-state index contributed by atoms with van der Waals surface area (Å²) in [5.74, 6) is 2.69. The second kappa shape index (κ2) is 3.44. The molecule has 14 heavy (non-hydrogen) atoms.